The maximum absolute atomic E-state index is 13.8. The van der Waals surface area contributed by atoms with Gasteiger partial charge in [0.2, 0.25) is 5.92 Å². The molecule has 1 amide bonds. The SMILES string of the molecule is CC(C)c1ncc(C(=O)Nc2c(C3=CCCCC3)ccnc2C2CCC(F)(F)CC2)cn1. The predicted octanol–water partition coefficient (Wildman–Crippen LogP) is 6.50. The van der Waals surface area contributed by atoms with Gasteiger partial charge in [-0.3, -0.25) is 9.78 Å². The Kier molecular flexibility index (Phi) is 6.63. The Balaban J connectivity index is 1.67. The van der Waals surface area contributed by atoms with Gasteiger partial charge >= 0.3 is 0 Å². The van der Waals surface area contributed by atoms with Gasteiger partial charge in [-0.05, 0) is 50.2 Å². The molecule has 2 aliphatic carbocycles. The average molecular weight is 441 g/mol. The van der Waals surface area contributed by atoms with Crippen LogP contribution in [-0.4, -0.2) is 26.8 Å². The summed E-state index contributed by atoms with van der Waals surface area (Å²) in [5, 5.41) is 3.05. The van der Waals surface area contributed by atoms with E-state index in [4.69, 9.17) is 0 Å². The summed E-state index contributed by atoms with van der Waals surface area (Å²) in [6, 6.07) is 1.92. The predicted molar refractivity (Wildman–Crippen MR) is 121 cm³/mol. The van der Waals surface area contributed by atoms with Crippen LogP contribution in [0.4, 0.5) is 14.5 Å². The number of anilines is 1. The number of hydrogen-bond acceptors (Lipinski definition) is 4. The van der Waals surface area contributed by atoms with Gasteiger partial charge in [0.1, 0.15) is 5.82 Å². The number of nitrogens with zero attached hydrogens (tertiary/aromatic N) is 3. The van der Waals surface area contributed by atoms with Gasteiger partial charge in [-0.1, -0.05) is 19.9 Å². The zero-order chi connectivity index (χ0) is 22.7. The van der Waals surface area contributed by atoms with Crippen LogP contribution in [0.5, 0.6) is 0 Å². The van der Waals surface area contributed by atoms with Crippen molar-refractivity contribution in [3.05, 3.63) is 53.4 Å². The summed E-state index contributed by atoms with van der Waals surface area (Å²) < 4.78 is 27.5. The standard InChI is InChI=1S/C25H30F2N4O/c1-16(2)23-29-14-19(15-30-23)24(32)31-22-20(17-6-4-3-5-7-17)10-13-28-21(22)18-8-11-25(26,27)12-9-18/h6,10,13-16,18H,3-5,7-9,11-12H2,1-2H3,(H,31,32). The highest BCUT2D eigenvalue weighted by Gasteiger charge is 2.37. The molecule has 0 spiro atoms. The minimum Gasteiger partial charge on any atom is -0.320 e. The van der Waals surface area contributed by atoms with Crippen molar-refractivity contribution in [2.75, 3.05) is 5.32 Å². The molecule has 2 aliphatic rings. The molecule has 7 heteroatoms. The molecule has 1 N–H and O–H groups in total. The number of alkyl halides is 2. The number of amides is 1. The summed E-state index contributed by atoms with van der Waals surface area (Å²) in [5.74, 6) is -2.17. The van der Waals surface area contributed by atoms with E-state index in [0.717, 1.165) is 31.2 Å². The van der Waals surface area contributed by atoms with Crippen molar-refractivity contribution < 1.29 is 13.6 Å². The van der Waals surface area contributed by atoms with E-state index >= 15 is 0 Å². The molecule has 5 nitrogen and oxygen atoms in total. The highest BCUT2D eigenvalue weighted by molar-refractivity contribution is 6.05. The van der Waals surface area contributed by atoms with Crippen molar-refractivity contribution >= 4 is 17.2 Å². The number of aromatic nitrogens is 3. The van der Waals surface area contributed by atoms with Gasteiger partial charge in [0.15, 0.2) is 0 Å². The van der Waals surface area contributed by atoms with Crippen LogP contribution >= 0.6 is 0 Å². The van der Waals surface area contributed by atoms with Gasteiger partial charge in [-0.15, -0.1) is 0 Å². The summed E-state index contributed by atoms with van der Waals surface area (Å²) in [6.45, 7) is 3.99. The Morgan fingerprint density at radius 1 is 1.12 bits per heavy atom. The second kappa shape index (κ2) is 9.43. The smallest absolute Gasteiger partial charge is 0.258 e. The topological polar surface area (TPSA) is 67.8 Å². The first kappa shape index (κ1) is 22.5. The van der Waals surface area contributed by atoms with E-state index in [0.29, 0.717) is 35.6 Å². The highest BCUT2D eigenvalue weighted by atomic mass is 19.3. The van der Waals surface area contributed by atoms with Crippen molar-refractivity contribution in [2.45, 2.75) is 83.0 Å². The number of carbonyl (C=O) groups excluding carboxylic acids is 1. The van der Waals surface area contributed by atoms with E-state index in [2.05, 4.69) is 26.3 Å². The first-order chi connectivity index (χ1) is 15.3. The normalized spacial score (nSPS) is 19.0. The molecule has 1 saturated carbocycles. The second-order valence-corrected chi connectivity index (χ2v) is 9.16. The lowest BCUT2D eigenvalue weighted by Crippen LogP contribution is -2.25. The number of hydrogen-bond donors (Lipinski definition) is 1. The van der Waals surface area contributed by atoms with E-state index < -0.39 is 5.92 Å². The van der Waals surface area contributed by atoms with Crippen LogP contribution in [-0.2, 0) is 0 Å². The quantitative estimate of drug-likeness (QED) is 0.576. The van der Waals surface area contributed by atoms with E-state index in [1.807, 2.05) is 19.9 Å². The first-order valence-electron chi connectivity index (χ1n) is 11.5. The van der Waals surface area contributed by atoms with Crippen molar-refractivity contribution in [2.24, 2.45) is 0 Å². The third-order valence-corrected chi connectivity index (χ3v) is 6.41. The Labute approximate surface area is 187 Å². The molecule has 0 radical (unpaired) electrons. The molecule has 4 rings (SSSR count). The zero-order valence-corrected chi connectivity index (χ0v) is 18.7. The lowest BCUT2D eigenvalue weighted by Gasteiger charge is -2.30. The lowest BCUT2D eigenvalue weighted by atomic mass is 9.82. The summed E-state index contributed by atoms with van der Waals surface area (Å²) in [5.41, 5.74) is 3.84. The largest absolute Gasteiger partial charge is 0.320 e. The van der Waals surface area contributed by atoms with Gasteiger partial charge in [-0.2, -0.15) is 0 Å². The number of halogens is 2. The Morgan fingerprint density at radius 2 is 1.84 bits per heavy atom. The van der Waals surface area contributed by atoms with Crippen molar-refractivity contribution in [1.82, 2.24) is 15.0 Å². The van der Waals surface area contributed by atoms with Gasteiger partial charge in [0.05, 0.1) is 16.9 Å². The first-order valence-corrected chi connectivity index (χ1v) is 11.5. The summed E-state index contributed by atoms with van der Waals surface area (Å²) >= 11 is 0. The van der Waals surface area contributed by atoms with Crippen LogP contribution in [0, 0.1) is 0 Å². The third kappa shape index (κ3) is 5.03. The van der Waals surface area contributed by atoms with E-state index in [1.165, 1.54) is 18.0 Å². The molecular weight excluding hydrogens is 410 g/mol. The lowest BCUT2D eigenvalue weighted by molar-refractivity contribution is -0.0384. The van der Waals surface area contributed by atoms with Gasteiger partial charge < -0.3 is 5.32 Å². The maximum Gasteiger partial charge on any atom is 0.258 e. The molecular formula is C25H30F2N4O. The van der Waals surface area contributed by atoms with Gasteiger partial charge in [-0.25, -0.2) is 18.7 Å². The number of carbonyl (C=O) groups is 1. The summed E-state index contributed by atoms with van der Waals surface area (Å²) in [4.78, 5) is 26.3. The van der Waals surface area contributed by atoms with Gasteiger partial charge in [0.25, 0.3) is 5.91 Å². The average Bonchev–Trinajstić information content (AvgIpc) is 2.80. The zero-order valence-electron chi connectivity index (χ0n) is 18.7. The number of pyridine rings is 1. The fourth-order valence-electron chi connectivity index (χ4n) is 4.52. The molecule has 2 aromatic heterocycles. The molecule has 170 valence electrons. The molecule has 2 heterocycles. The van der Waals surface area contributed by atoms with Crippen molar-refractivity contribution in [3.63, 3.8) is 0 Å². The fraction of sp³-hybridized carbons (Fsp3) is 0.520. The summed E-state index contributed by atoms with van der Waals surface area (Å²) in [6.07, 6.45) is 11.6. The second-order valence-electron chi connectivity index (χ2n) is 9.16. The molecule has 0 aliphatic heterocycles. The molecule has 0 aromatic carbocycles. The van der Waals surface area contributed by atoms with Crippen LogP contribution < -0.4 is 5.32 Å². The minimum absolute atomic E-state index is 0.103. The third-order valence-electron chi connectivity index (χ3n) is 6.41. The monoisotopic (exact) mass is 440 g/mol. The molecule has 0 unspecified atom stereocenters. The van der Waals surface area contributed by atoms with Gasteiger partial charge in [0, 0.05) is 48.8 Å². The van der Waals surface area contributed by atoms with Crippen LogP contribution in [0.25, 0.3) is 5.57 Å². The van der Waals surface area contributed by atoms with Crippen molar-refractivity contribution in [3.8, 4) is 0 Å². The molecule has 1 fully saturated rings. The summed E-state index contributed by atoms with van der Waals surface area (Å²) in [7, 11) is 0. The Bertz CT molecular complexity index is 992. The van der Waals surface area contributed by atoms with E-state index in [9.17, 15) is 13.6 Å². The minimum atomic E-state index is -2.61. The van der Waals surface area contributed by atoms with E-state index in [1.54, 1.807) is 6.20 Å². The van der Waals surface area contributed by atoms with Crippen molar-refractivity contribution in [1.29, 1.82) is 0 Å². The molecule has 32 heavy (non-hydrogen) atoms. The maximum atomic E-state index is 13.8. The Morgan fingerprint density at radius 3 is 2.47 bits per heavy atom. The van der Waals surface area contributed by atoms with Crippen LogP contribution in [0.1, 0.15) is 104 Å². The van der Waals surface area contributed by atoms with Crippen LogP contribution in [0.2, 0.25) is 0 Å². The van der Waals surface area contributed by atoms with Crippen LogP contribution in [0.15, 0.2) is 30.7 Å². The molecule has 0 atom stereocenters. The molecule has 0 saturated heterocycles. The number of allylic oxidation sites excluding steroid dienone is 2. The Hall–Kier alpha value is -2.70. The number of nitrogens with one attached hydrogen (secondary N) is 1. The van der Waals surface area contributed by atoms with E-state index in [-0.39, 0.29) is 30.6 Å². The molecule has 0 bridgehead atoms. The van der Waals surface area contributed by atoms with Crippen LogP contribution in [0.3, 0.4) is 0 Å². The molecule has 2 aromatic rings. The highest BCUT2D eigenvalue weighted by Crippen LogP contribution is 2.44. The number of rotatable bonds is 5. The fourth-order valence-corrected chi connectivity index (χ4v) is 4.52.